The van der Waals surface area contributed by atoms with Crippen LogP contribution in [0.3, 0.4) is 0 Å². The topological polar surface area (TPSA) is 67.4 Å². The molecule has 27 heavy (non-hydrogen) atoms. The number of hydrogen-bond acceptors (Lipinski definition) is 3. The van der Waals surface area contributed by atoms with Crippen LogP contribution in [0.1, 0.15) is 30.9 Å². The Hall–Kier alpha value is -2.34. The van der Waals surface area contributed by atoms with Crippen LogP contribution < -0.4 is 15.4 Å². The number of carbonyl (C=O) groups excluding carboxylic acids is 2. The molecule has 0 bridgehead atoms. The Morgan fingerprint density at radius 2 is 1.85 bits per heavy atom. The van der Waals surface area contributed by atoms with Crippen LogP contribution in [0.2, 0.25) is 0 Å². The predicted octanol–water partition coefficient (Wildman–Crippen LogP) is 4.69. The van der Waals surface area contributed by atoms with Crippen molar-refractivity contribution in [2.24, 2.45) is 5.92 Å². The number of aryl methyl sites for hydroxylation is 1. The highest BCUT2D eigenvalue weighted by atomic mass is 79.9. The molecule has 1 aliphatic rings. The van der Waals surface area contributed by atoms with Crippen LogP contribution in [0.15, 0.2) is 40.9 Å². The first-order valence-corrected chi connectivity index (χ1v) is 9.88. The molecule has 0 atom stereocenters. The summed E-state index contributed by atoms with van der Waals surface area (Å²) in [5.74, 6) is 0.554. The second-order valence-corrected chi connectivity index (χ2v) is 7.55. The molecule has 0 unspecified atom stereocenters. The summed E-state index contributed by atoms with van der Waals surface area (Å²) in [5.41, 5.74) is 3.41. The zero-order valence-electron chi connectivity index (χ0n) is 15.5. The molecular weight excluding hydrogens is 408 g/mol. The minimum atomic E-state index is -0.254. The summed E-state index contributed by atoms with van der Waals surface area (Å²) in [6.07, 6.45) is 2.84. The van der Waals surface area contributed by atoms with E-state index < -0.39 is 0 Å². The van der Waals surface area contributed by atoms with Gasteiger partial charge in [0, 0.05) is 17.3 Å². The van der Waals surface area contributed by atoms with Gasteiger partial charge in [-0.15, -0.1) is 0 Å². The van der Waals surface area contributed by atoms with E-state index in [1.165, 1.54) is 5.56 Å². The number of rotatable bonds is 7. The van der Waals surface area contributed by atoms with E-state index in [1.807, 2.05) is 43.3 Å². The van der Waals surface area contributed by atoms with Crippen LogP contribution in [-0.2, 0) is 16.0 Å². The third-order valence-corrected chi connectivity index (χ3v) is 5.20. The molecule has 2 amide bonds. The summed E-state index contributed by atoms with van der Waals surface area (Å²) in [7, 11) is 0. The number of halogens is 1. The van der Waals surface area contributed by atoms with Gasteiger partial charge >= 0.3 is 0 Å². The fraction of sp³-hybridized carbons (Fsp3) is 0.333. The first-order valence-electron chi connectivity index (χ1n) is 9.09. The van der Waals surface area contributed by atoms with Gasteiger partial charge < -0.3 is 15.4 Å². The zero-order chi connectivity index (χ0) is 19.4. The Morgan fingerprint density at radius 3 is 2.48 bits per heavy atom. The SMILES string of the molecule is CCc1ccc(OCC(=O)Nc2cccc(NC(=O)C3CC3)c2C)c(Br)c1. The van der Waals surface area contributed by atoms with Crippen molar-refractivity contribution in [3.05, 3.63) is 52.0 Å². The van der Waals surface area contributed by atoms with Gasteiger partial charge in [0.25, 0.3) is 5.91 Å². The fourth-order valence-corrected chi connectivity index (χ4v) is 3.24. The average Bonchev–Trinajstić information content (AvgIpc) is 3.49. The molecular formula is C21H23BrN2O3. The number of carbonyl (C=O) groups is 2. The van der Waals surface area contributed by atoms with E-state index in [-0.39, 0.29) is 24.3 Å². The lowest BCUT2D eigenvalue weighted by atomic mass is 10.1. The van der Waals surface area contributed by atoms with Crippen molar-refractivity contribution in [3.8, 4) is 5.75 Å². The number of nitrogens with one attached hydrogen (secondary N) is 2. The van der Waals surface area contributed by atoms with Crippen LogP contribution in [-0.4, -0.2) is 18.4 Å². The maximum absolute atomic E-state index is 12.3. The Morgan fingerprint density at radius 1 is 1.15 bits per heavy atom. The summed E-state index contributed by atoms with van der Waals surface area (Å²) < 4.78 is 6.45. The van der Waals surface area contributed by atoms with Crippen LogP contribution in [0.5, 0.6) is 5.75 Å². The standard InChI is InChI=1S/C21H23BrN2O3/c1-3-14-7-10-19(16(22)11-14)27-12-20(25)23-17-5-4-6-18(13(17)2)24-21(26)15-8-9-15/h4-7,10-11,15H,3,8-9,12H2,1-2H3,(H,23,25)(H,24,26). The molecule has 1 saturated carbocycles. The van der Waals surface area contributed by atoms with Gasteiger partial charge in [-0.05, 0) is 77.5 Å². The van der Waals surface area contributed by atoms with Crippen molar-refractivity contribution in [1.29, 1.82) is 0 Å². The molecule has 1 aliphatic carbocycles. The van der Waals surface area contributed by atoms with E-state index >= 15 is 0 Å². The number of ether oxygens (including phenoxy) is 1. The minimum absolute atomic E-state index is 0.0466. The van der Waals surface area contributed by atoms with E-state index in [0.717, 1.165) is 35.0 Å². The van der Waals surface area contributed by atoms with Gasteiger partial charge in [0.1, 0.15) is 5.75 Å². The molecule has 6 heteroatoms. The molecule has 2 aromatic rings. The Kier molecular flexibility index (Phi) is 6.16. The first kappa shape index (κ1) is 19.4. The number of amides is 2. The third-order valence-electron chi connectivity index (χ3n) is 4.58. The third kappa shape index (κ3) is 5.10. The van der Waals surface area contributed by atoms with E-state index in [2.05, 4.69) is 33.5 Å². The summed E-state index contributed by atoms with van der Waals surface area (Å²) in [6.45, 7) is 3.86. The summed E-state index contributed by atoms with van der Waals surface area (Å²) in [6, 6.07) is 11.3. The van der Waals surface area contributed by atoms with Crippen molar-refractivity contribution >= 4 is 39.1 Å². The van der Waals surface area contributed by atoms with Crippen molar-refractivity contribution in [2.75, 3.05) is 17.2 Å². The lowest BCUT2D eigenvalue weighted by molar-refractivity contribution is -0.118. The van der Waals surface area contributed by atoms with Gasteiger partial charge in [0.2, 0.25) is 5.91 Å². The normalized spacial score (nSPS) is 13.1. The Bertz CT molecular complexity index is 863. The van der Waals surface area contributed by atoms with Crippen molar-refractivity contribution < 1.29 is 14.3 Å². The molecule has 2 N–H and O–H groups in total. The monoisotopic (exact) mass is 430 g/mol. The number of benzene rings is 2. The molecule has 0 aromatic heterocycles. The fourth-order valence-electron chi connectivity index (χ4n) is 2.70. The molecule has 0 radical (unpaired) electrons. The molecule has 0 heterocycles. The Labute approximate surface area is 167 Å². The molecule has 5 nitrogen and oxygen atoms in total. The second kappa shape index (κ2) is 8.57. The smallest absolute Gasteiger partial charge is 0.262 e. The molecule has 0 spiro atoms. The molecule has 1 fully saturated rings. The van der Waals surface area contributed by atoms with Gasteiger partial charge in [-0.2, -0.15) is 0 Å². The van der Waals surface area contributed by atoms with E-state index in [0.29, 0.717) is 11.4 Å². The van der Waals surface area contributed by atoms with E-state index in [1.54, 1.807) is 0 Å². The molecule has 3 rings (SSSR count). The van der Waals surface area contributed by atoms with E-state index in [4.69, 9.17) is 4.74 Å². The van der Waals surface area contributed by atoms with Gasteiger partial charge in [0.05, 0.1) is 4.47 Å². The zero-order valence-corrected chi connectivity index (χ0v) is 17.1. The average molecular weight is 431 g/mol. The van der Waals surface area contributed by atoms with Gasteiger partial charge in [0.15, 0.2) is 6.61 Å². The number of anilines is 2. The lowest BCUT2D eigenvalue weighted by Gasteiger charge is -2.14. The highest BCUT2D eigenvalue weighted by Gasteiger charge is 2.29. The highest BCUT2D eigenvalue weighted by Crippen LogP contribution is 2.32. The highest BCUT2D eigenvalue weighted by molar-refractivity contribution is 9.10. The van der Waals surface area contributed by atoms with Crippen LogP contribution >= 0.6 is 15.9 Å². The van der Waals surface area contributed by atoms with Crippen LogP contribution in [0.4, 0.5) is 11.4 Å². The van der Waals surface area contributed by atoms with Gasteiger partial charge in [-0.25, -0.2) is 0 Å². The first-order chi connectivity index (χ1) is 13.0. The molecule has 142 valence electrons. The molecule has 2 aromatic carbocycles. The Balaban J connectivity index is 1.59. The quantitative estimate of drug-likeness (QED) is 0.669. The van der Waals surface area contributed by atoms with Crippen molar-refractivity contribution in [1.82, 2.24) is 0 Å². The van der Waals surface area contributed by atoms with E-state index in [9.17, 15) is 9.59 Å². The summed E-state index contributed by atoms with van der Waals surface area (Å²) >= 11 is 3.47. The van der Waals surface area contributed by atoms with Gasteiger partial charge in [-0.1, -0.05) is 19.1 Å². The summed E-state index contributed by atoms with van der Waals surface area (Å²) in [5, 5.41) is 5.78. The van der Waals surface area contributed by atoms with Crippen LogP contribution in [0.25, 0.3) is 0 Å². The second-order valence-electron chi connectivity index (χ2n) is 6.70. The number of hydrogen-bond donors (Lipinski definition) is 2. The predicted molar refractivity (Wildman–Crippen MR) is 110 cm³/mol. The molecule has 0 saturated heterocycles. The van der Waals surface area contributed by atoms with Crippen LogP contribution in [0, 0.1) is 12.8 Å². The lowest BCUT2D eigenvalue weighted by Crippen LogP contribution is -2.21. The van der Waals surface area contributed by atoms with Crippen molar-refractivity contribution in [2.45, 2.75) is 33.1 Å². The summed E-state index contributed by atoms with van der Waals surface area (Å²) in [4.78, 5) is 24.3. The molecule has 0 aliphatic heterocycles. The largest absolute Gasteiger partial charge is 0.483 e. The van der Waals surface area contributed by atoms with Gasteiger partial charge in [-0.3, -0.25) is 9.59 Å². The van der Waals surface area contributed by atoms with Crippen molar-refractivity contribution in [3.63, 3.8) is 0 Å². The minimum Gasteiger partial charge on any atom is -0.483 e. The maximum atomic E-state index is 12.3. The maximum Gasteiger partial charge on any atom is 0.262 e.